The standard InChI is InChI=1S/C21H37N3O3.HI/c1-6-27-13-7-12-22-20(24-16-21(3,4)14-17(2)25)23-15-18-8-10-19(26-5)11-9-18;/h8-11,17,25H,6-7,12-16H2,1-5H3,(H2,22,23,24);1H. The van der Waals surface area contributed by atoms with E-state index in [-0.39, 0.29) is 35.5 Å². The molecular weight excluding hydrogens is 469 g/mol. The highest BCUT2D eigenvalue weighted by atomic mass is 127. The maximum atomic E-state index is 9.67. The maximum absolute atomic E-state index is 9.67. The zero-order valence-electron chi connectivity index (χ0n) is 18.0. The Labute approximate surface area is 187 Å². The van der Waals surface area contributed by atoms with Crippen LogP contribution in [-0.2, 0) is 11.3 Å². The van der Waals surface area contributed by atoms with E-state index in [1.54, 1.807) is 7.11 Å². The summed E-state index contributed by atoms with van der Waals surface area (Å²) in [7, 11) is 1.66. The topological polar surface area (TPSA) is 75.1 Å². The normalized spacial score (nSPS) is 12.9. The molecule has 6 nitrogen and oxygen atoms in total. The van der Waals surface area contributed by atoms with Gasteiger partial charge in [-0.25, -0.2) is 4.99 Å². The van der Waals surface area contributed by atoms with Gasteiger partial charge in [0.1, 0.15) is 5.75 Å². The molecule has 7 heteroatoms. The van der Waals surface area contributed by atoms with E-state index in [0.717, 1.165) is 56.4 Å². The number of nitrogens with zero attached hydrogens (tertiary/aromatic N) is 1. The van der Waals surface area contributed by atoms with E-state index in [9.17, 15) is 5.11 Å². The number of rotatable bonds is 12. The fraction of sp³-hybridized carbons (Fsp3) is 0.667. The highest BCUT2D eigenvalue weighted by Gasteiger charge is 2.20. The molecule has 0 spiro atoms. The molecule has 0 aliphatic heterocycles. The van der Waals surface area contributed by atoms with Gasteiger partial charge < -0.3 is 25.2 Å². The van der Waals surface area contributed by atoms with Crippen molar-refractivity contribution in [2.75, 3.05) is 33.4 Å². The van der Waals surface area contributed by atoms with E-state index in [1.165, 1.54) is 0 Å². The van der Waals surface area contributed by atoms with Crippen LogP contribution >= 0.6 is 24.0 Å². The van der Waals surface area contributed by atoms with Gasteiger partial charge in [-0.1, -0.05) is 26.0 Å². The van der Waals surface area contributed by atoms with Crippen molar-refractivity contribution in [3.05, 3.63) is 29.8 Å². The molecule has 0 aromatic heterocycles. The van der Waals surface area contributed by atoms with Gasteiger partial charge in [0.25, 0.3) is 0 Å². The number of halogens is 1. The van der Waals surface area contributed by atoms with E-state index in [0.29, 0.717) is 6.54 Å². The number of benzene rings is 1. The summed E-state index contributed by atoms with van der Waals surface area (Å²) in [4.78, 5) is 4.70. The molecule has 0 radical (unpaired) electrons. The third-order valence-corrected chi connectivity index (χ3v) is 4.12. The Balaban J connectivity index is 0.00000729. The predicted octanol–water partition coefficient (Wildman–Crippen LogP) is 3.57. The first kappa shape index (κ1) is 26.9. The van der Waals surface area contributed by atoms with Crippen LogP contribution in [0.3, 0.4) is 0 Å². The fourth-order valence-electron chi connectivity index (χ4n) is 2.80. The summed E-state index contributed by atoms with van der Waals surface area (Å²) in [6.07, 6.45) is 1.34. The molecule has 162 valence electrons. The zero-order chi connectivity index (χ0) is 20.1. The van der Waals surface area contributed by atoms with Gasteiger partial charge in [0, 0.05) is 26.3 Å². The molecule has 0 heterocycles. The van der Waals surface area contributed by atoms with Gasteiger partial charge in [0.15, 0.2) is 5.96 Å². The van der Waals surface area contributed by atoms with E-state index >= 15 is 0 Å². The number of nitrogens with one attached hydrogen (secondary N) is 2. The smallest absolute Gasteiger partial charge is 0.191 e. The third-order valence-electron chi connectivity index (χ3n) is 4.12. The van der Waals surface area contributed by atoms with Crippen molar-refractivity contribution in [1.29, 1.82) is 0 Å². The summed E-state index contributed by atoms with van der Waals surface area (Å²) >= 11 is 0. The van der Waals surface area contributed by atoms with Gasteiger partial charge in [0.05, 0.1) is 19.8 Å². The Morgan fingerprint density at radius 2 is 1.89 bits per heavy atom. The Morgan fingerprint density at radius 3 is 2.46 bits per heavy atom. The molecule has 28 heavy (non-hydrogen) atoms. The second-order valence-electron chi connectivity index (χ2n) is 7.56. The minimum atomic E-state index is -0.319. The summed E-state index contributed by atoms with van der Waals surface area (Å²) in [5.41, 5.74) is 1.09. The van der Waals surface area contributed by atoms with Crippen molar-refractivity contribution in [3.63, 3.8) is 0 Å². The first-order valence-electron chi connectivity index (χ1n) is 9.77. The number of aliphatic imine (C=N–C) groups is 1. The van der Waals surface area contributed by atoms with Crippen molar-refractivity contribution >= 4 is 29.9 Å². The van der Waals surface area contributed by atoms with Crippen LogP contribution < -0.4 is 15.4 Å². The molecule has 0 bridgehead atoms. The lowest BCUT2D eigenvalue weighted by molar-refractivity contribution is 0.130. The van der Waals surface area contributed by atoms with Crippen molar-refractivity contribution in [2.24, 2.45) is 10.4 Å². The second kappa shape index (κ2) is 14.9. The third kappa shape index (κ3) is 12.4. The summed E-state index contributed by atoms with van der Waals surface area (Å²) in [5, 5.41) is 16.5. The lowest BCUT2D eigenvalue weighted by atomic mass is 9.87. The number of hydrogen-bond donors (Lipinski definition) is 3. The van der Waals surface area contributed by atoms with E-state index < -0.39 is 0 Å². The lowest BCUT2D eigenvalue weighted by Gasteiger charge is -2.27. The van der Waals surface area contributed by atoms with Crippen LogP contribution in [0.4, 0.5) is 0 Å². The van der Waals surface area contributed by atoms with Crippen molar-refractivity contribution in [1.82, 2.24) is 10.6 Å². The number of ether oxygens (including phenoxy) is 2. The molecule has 3 N–H and O–H groups in total. The highest BCUT2D eigenvalue weighted by Crippen LogP contribution is 2.21. The minimum Gasteiger partial charge on any atom is -0.497 e. The Morgan fingerprint density at radius 1 is 1.21 bits per heavy atom. The molecule has 1 unspecified atom stereocenters. The number of methoxy groups -OCH3 is 1. The molecule has 1 aromatic rings. The van der Waals surface area contributed by atoms with Gasteiger partial charge in [-0.05, 0) is 49.8 Å². The maximum Gasteiger partial charge on any atom is 0.191 e. The molecular formula is C21H38IN3O3. The average molecular weight is 507 g/mol. The predicted molar refractivity (Wildman–Crippen MR) is 127 cm³/mol. The highest BCUT2D eigenvalue weighted by molar-refractivity contribution is 14.0. The summed E-state index contributed by atoms with van der Waals surface area (Å²) < 4.78 is 10.6. The number of hydrogen-bond acceptors (Lipinski definition) is 4. The van der Waals surface area contributed by atoms with Crippen LogP contribution in [-0.4, -0.2) is 50.6 Å². The largest absolute Gasteiger partial charge is 0.497 e. The van der Waals surface area contributed by atoms with Crippen LogP contribution in [0.2, 0.25) is 0 Å². The van der Waals surface area contributed by atoms with Crippen molar-refractivity contribution in [2.45, 2.75) is 53.2 Å². The molecule has 1 rings (SSSR count). The molecule has 1 aromatic carbocycles. The van der Waals surface area contributed by atoms with Crippen LogP contribution in [0.5, 0.6) is 5.75 Å². The van der Waals surface area contributed by atoms with E-state index in [4.69, 9.17) is 14.5 Å². The Kier molecular flexibility index (Phi) is 14.3. The molecule has 0 saturated heterocycles. The fourth-order valence-corrected chi connectivity index (χ4v) is 2.80. The monoisotopic (exact) mass is 507 g/mol. The number of aliphatic hydroxyl groups is 1. The van der Waals surface area contributed by atoms with Gasteiger partial charge in [0.2, 0.25) is 0 Å². The van der Waals surface area contributed by atoms with Crippen LogP contribution in [0.1, 0.15) is 46.1 Å². The molecule has 0 saturated carbocycles. The summed E-state index contributed by atoms with van der Waals surface area (Å²) in [6.45, 7) is 11.7. The average Bonchev–Trinajstić information content (AvgIpc) is 2.62. The molecule has 0 fully saturated rings. The molecule has 0 amide bonds. The minimum absolute atomic E-state index is 0. The second-order valence-corrected chi connectivity index (χ2v) is 7.56. The number of aliphatic hydroxyl groups excluding tert-OH is 1. The molecule has 1 atom stereocenters. The first-order valence-corrected chi connectivity index (χ1v) is 9.77. The quantitative estimate of drug-likeness (QED) is 0.175. The first-order chi connectivity index (χ1) is 12.9. The van der Waals surface area contributed by atoms with Crippen molar-refractivity contribution < 1.29 is 14.6 Å². The summed E-state index contributed by atoms with van der Waals surface area (Å²) in [5.74, 6) is 1.62. The van der Waals surface area contributed by atoms with E-state index in [2.05, 4.69) is 24.5 Å². The Hall–Kier alpha value is -1.06. The lowest BCUT2D eigenvalue weighted by Crippen LogP contribution is -2.43. The number of guanidine groups is 1. The van der Waals surface area contributed by atoms with Gasteiger partial charge in [-0.3, -0.25) is 0 Å². The van der Waals surface area contributed by atoms with Gasteiger partial charge in [-0.15, -0.1) is 24.0 Å². The van der Waals surface area contributed by atoms with E-state index in [1.807, 2.05) is 38.1 Å². The van der Waals surface area contributed by atoms with Crippen molar-refractivity contribution in [3.8, 4) is 5.75 Å². The van der Waals surface area contributed by atoms with Gasteiger partial charge >= 0.3 is 0 Å². The molecule has 0 aliphatic rings. The SMILES string of the molecule is CCOCCCNC(=NCc1ccc(OC)cc1)NCC(C)(C)CC(C)O.I. The van der Waals surface area contributed by atoms with Gasteiger partial charge in [-0.2, -0.15) is 0 Å². The summed E-state index contributed by atoms with van der Waals surface area (Å²) in [6, 6.07) is 7.93. The van der Waals surface area contributed by atoms with Crippen LogP contribution in [0, 0.1) is 5.41 Å². The Bertz CT molecular complexity index is 548. The zero-order valence-corrected chi connectivity index (χ0v) is 20.3. The van der Waals surface area contributed by atoms with Crippen LogP contribution in [0.15, 0.2) is 29.3 Å². The van der Waals surface area contributed by atoms with Crippen LogP contribution in [0.25, 0.3) is 0 Å². The molecule has 0 aliphatic carbocycles.